The average molecular weight is 687 g/mol. The van der Waals surface area contributed by atoms with Crippen molar-refractivity contribution in [3.8, 4) is 0 Å². The fourth-order valence-corrected chi connectivity index (χ4v) is 6.68. The van der Waals surface area contributed by atoms with Crippen LogP contribution in [0.15, 0.2) is 52.4 Å². The molecule has 35 heavy (non-hydrogen) atoms. The lowest BCUT2D eigenvalue weighted by molar-refractivity contribution is 0.791. The molecule has 0 bridgehead atoms. The first-order valence-electron chi connectivity index (χ1n) is 12.7. The van der Waals surface area contributed by atoms with Gasteiger partial charge in [-0.2, -0.15) is 0 Å². The molecule has 0 saturated heterocycles. The lowest BCUT2D eigenvalue weighted by atomic mass is 9.87. The number of aromatic nitrogens is 1. The van der Waals surface area contributed by atoms with E-state index in [0.717, 1.165) is 79.1 Å². The number of hydrogen-bond donors (Lipinski definition) is 0. The number of rotatable bonds is 5. The number of aryl methyl sites for hydroxylation is 4. The maximum absolute atomic E-state index is 5.28. The molecule has 0 saturated carbocycles. The zero-order valence-electron chi connectivity index (χ0n) is 20.5. The van der Waals surface area contributed by atoms with Crippen molar-refractivity contribution in [3.63, 3.8) is 0 Å². The third-order valence-corrected chi connectivity index (χ3v) is 8.01. The highest BCUT2D eigenvalue weighted by Gasteiger charge is 2.24. The minimum atomic E-state index is 0.980. The van der Waals surface area contributed by atoms with E-state index in [1.807, 2.05) is 0 Å². The number of nitrogens with zero attached hydrogens (tertiary/aromatic N) is 3. The lowest BCUT2D eigenvalue weighted by Crippen LogP contribution is -2.21. The van der Waals surface area contributed by atoms with Gasteiger partial charge in [-0.3, -0.25) is 9.98 Å². The molecule has 2 aliphatic carbocycles. The molecule has 0 atom stereocenters. The van der Waals surface area contributed by atoms with E-state index in [9.17, 15) is 0 Å². The molecule has 1 aromatic heterocycles. The van der Waals surface area contributed by atoms with E-state index in [1.165, 1.54) is 42.2 Å². The van der Waals surface area contributed by atoms with E-state index in [1.54, 1.807) is 0 Å². The van der Waals surface area contributed by atoms with Crippen molar-refractivity contribution >= 4 is 68.0 Å². The summed E-state index contributed by atoms with van der Waals surface area (Å²) in [6, 6.07) is 15.7. The van der Waals surface area contributed by atoms with Crippen molar-refractivity contribution in [1.29, 1.82) is 0 Å². The maximum Gasteiger partial charge on any atom is 0.0884 e. The summed E-state index contributed by atoms with van der Waals surface area (Å²) in [5, 5.41) is 0. The van der Waals surface area contributed by atoms with Gasteiger partial charge in [0.1, 0.15) is 0 Å². The number of halogens is 2. The molecule has 180 valence electrons. The molecule has 5 rings (SSSR count). The van der Waals surface area contributed by atoms with E-state index >= 15 is 0 Å². The van der Waals surface area contributed by atoms with Crippen molar-refractivity contribution in [2.24, 2.45) is 9.98 Å². The Morgan fingerprint density at radius 2 is 1.34 bits per heavy atom. The van der Waals surface area contributed by atoms with Gasteiger partial charge in [-0.25, -0.2) is 4.98 Å². The van der Waals surface area contributed by atoms with E-state index < -0.39 is 0 Å². The summed E-state index contributed by atoms with van der Waals surface area (Å²) in [7, 11) is 0. The van der Waals surface area contributed by atoms with Crippen LogP contribution in [0, 0.1) is 14.1 Å². The molecule has 2 aliphatic rings. The second kappa shape index (κ2) is 11.2. The first-order valence-corrected chi connectivity index (χ1v) is 14.9. The molecule has 0 radical (unpaired) electrons. The molecule has 2 aromatic carbocycles. The van der Waals surface area contributed by atoms with Crippen LogP contribution in [0.2, 0.25) is 0 Å². The van der Waals surface area contributed by atoms with E-state index in [0.29, 0.717) is 0 Å². The summed E-state index contributed by atoms with van der Waals surface area (Å²) in [6.45, 7) is 4.38. The van der Waals surface area contributed by atoms with Crippen LogP contribution >= 0.6 is 45.2 Å². The first-order chi connectivity index (χ1) is 17.0. The smallest absolute Gasteiger partial charge is 0.0884 e. The van der Waals surface area contributed by atoms with Crippen LogP contribution in [0.4, 0.5) is 11.4 Å². The van der Waals surface area contributed by atoms with Crippen molar-refractivity contribution in [1.82, 2.24) is 4.98 Å². The van der Waals surface area contributed by atoms with Crippen LogP contribution in [0.1, 0.15) is 79.1 Å². The summed E-state index contributed by atoms with van der Waals surface area (Å²) < 4.78 is 2.48. The number of hydrogen-bond acceptors (Lipinski definition) is 3. The lowest BCUT2D eigenvalue weighted by Gasteiger charge is -2.24. The van der Waals surface area contributed by atoms with Gasteiger partial charge >= 0.3 is 0 Å². The summed E-state index contributed by atoms with van der Waals surface area (Å²) in [4.78, 5) is 15.6. The Hall–Kier alpha value is -1.61. The van der Waals surface area contributed by atoms with E-state index in [4.69, 9.17) is 15.0 Å². The summed E-state index contributed by atoms with van der Waals surface area (Å²) in [6.07, 6.45) is 9.96. The normalized spacial score (nSPS) is 17.5. The van der Waals surface area contributed by atoms with Crippen molar-refractivity contribution in [2.75, 3.05) is 0 Å². The predicted molar refractivity (Wildman–Crippen MR) is 164 cm³/mol. The molecular formula is C30H31I2N3. The zero-order valence-corrected chi connectivity index (χ0v) is 24.8. The summed E-state index contributed by atoms with van der Waals surface area (Å²) >= 11 is 4.80. The number of pyridine rings is 1. The first kappa shape index (κ1) is 25.1. The maximum atomic E-state index is 5.28. The highest BCUT2D eigenvalue weighted by Crippen LogP contribution is 2.31. The highest BCUT2D eigenvalue weighted by atomic mass is 127. The molecule has 0 spiro atoms. The second-order valence-corrected chi connectivity index (χ2v) is 12.2. The Morgan fingerprint density at radius 1 is 0.743 bits per heavy atom. The molecule has 0 amide bonds. The van der Waals surface area contributed by atoms with Crippen molar-refractivity contribution in [2.45, 2.75) is 71.6 Å². The molecule has 1 heterocycles. The third-order valence-electron chi connectivity index (χ3n) is 6.76. The Morgan fingerprint density at radius 3 is 1.94 bits per heavy atom. The fraction of sp³-hybridized carbons (Fsp3) is 0.367. The summed E-state index contributed by atoms with van der Waals surface area (Å²) in [5.41, 5.74) is 11.9. The number of unbranched alkanes of at least 4 members (excludes halogenated alkanes) is 1. The van der Waals surface area contributed by atoms with Gasteiger partial charge in [0.25, 0.3) is 0 Å². The molecule has 3 aromatic rings. The van der Waals surface area contributed by atoms with Gasteiger partial charge in [0.2, 0.25) is 0 Å². The fourth-order valence-electron chi connectivity index (χ4n) is 5.15. The van der Waals surface area contributed by atoms with Gasteiger partial charge in [0.15, 0.2) is 0 Å². The Bertz CT molecular complexity index is 1300. The highest BCUT2D eigenvalue weighted by molar-refractivity contribution is 14.1. The Labute approximate surface area is 236 Å². The van der Waals surface area contributed by atoms with Crippen LogP contribution in [-0.2, 0) is 19.3 Å². The van der Waals surface area contributed by atoms with E-state index in [2.05, 4.69) is 101 Å². The van der Waals surface area contributed by atoms with E-state index in [-0.39, 0.29) is 0 Å². The molecule has 0 aliphatic heterocycles. The minimum Gasteiger partial charge on any atom is -0.251 e. The topological polar surface area (TPSA) is 37.6 Å². The van der Waals surface area contributed by atoms with Gasteiger partial charge in [0.05, 0.1) is 34.2 Å². The van der Waals surface area contributed by atoms with Gasteiger partial charge in [-0.05, 0) is 162 Å². The molecule has 5 heteroatoms. The van der Waals surface area contributed by atoms with Gasteiger partial charge < -0.3 is 0 Å². The van der Waals surface area contributed by atoms with Crippen LogP contribution in [-0.4, -0.2) is 16.4 Å². The SMILES string of the molecule is CCCCc1cc(I)cc(N=C2CCCc3cc4c(nc32)C(=Nc2cc(C)cc(I)c2)CCC4)c1. The largest absolute Gasteiger partial charge is 0.251 e. The van der Waals surface area contributed by atoms with Crippen molar-refractivity contribution < 1.29 is 0 Å². The van der Waals surface area contributed by atoms with Crippen LogP contribution in [0.3, 0.4) is 0 Å². The monoisotopic (exact) mass is 687 g/mol. The third kappa shape index (κ3) is 6.04. The number of benzene rings is 2. The number of aliphatic imine (C=N–C) groups is 2. The molecule has 0 unspecified atom stereocenters. The van der Waals surface area contributed by atoms with Crippen LogP contribution in [0.5, 0.6) is 0 Å². The molecular weight excluding hydrogens is 656 g/mol. The standard InChI is InChI=1S/C30H31I2N3/c1-3-4-7-20-14-24(32)18-26(15-20)34-28-11-6-9-22-16-21-8-5-10-27(29(21)35-30(22)28)33-25-13-19(2)12-23(31)17-25/h12-18H,3-11H2,1-2H3. The Kier molecular flexibility index (Phi) is 8.02. The van der Waals surface area contributed by atoms with Crippen LogP contribution in [0.25, 0.3) is 0 Å². The molecule has 3 nitrogen and oxygen atoms in total. The Balaban J connectivity index is 1.55. The molecule has 0 N–H and O–H groups in total. The summed E-state index contributed by atoms with van der Waals surface area (Å²) in [5.74, 6) is 0. The number of fused-ring (bicyclic) bond motifs is 2. The quantitative estimate of drug-likeness (QED) is 0.247. The predicted octanol–water partition coefficient (Wildman–Crippen LogP) is 8.86. The minimum absolute atomic E-state index is 0.980. The van der Waals surface area contributed by atoms with Crippen molar-refractivity contribution in [3.05, 3.63) is 83.2 Å². The van der Waals surface area contributed by atoms with Gasteiger partial charge in [-0.1, -0.05) is 19.4 Å². The van der Waals surface area contributed by atoms with Crippen LogP contribution < -0.4 is 0 Å². The zero-order chi connectivity index (χ0) is 24.4. The van der Waals surface area contributed by atoms with Gasteiger partial charge in [-0.15, -0.1) is 0 Å². The van der Waals surface area contributed by atoms with Gasteiger partial charge in [0, 0.05) is 7.14 Å². The average Bonchev–Trinajstić information content (AvgIpc) is 2.81. The molecule has 0 fully saturated rings. The second-order valence-electron chi connectivity index (χ2n) is 9.74.